The molecule has 0 amide bonds. The Morgan fingerprint density at radius 1 is 1.04 bits per heavy atom. The lowest BCUT2D eigenvalue weighted by Crippen LogP contribution is -2.62. The van der Waals surface area contributed by atoms with E-state index in [1.165, 1.54) is 5.19 Å². The Morgan fingerprint density at radius 2 is 1.56 bits per heavy atom. The monoisotopic (exact) mass is 378 g/mol. The fraction of sp³-hybridized carbons (Fsp3) is 0.550. The lowest BCUT2D eigenvalue weighted by atomic mass is 10.4. The third kappa shape index (κ3) is 4.93. The van der Waals surface area contributed by atoms with Crippen LogP contribution in [0.5, 0.6) is 0 Å². The Labute approximate surface area is 155 Å². The molecular formula is C20H34O3Si2. The minimum atomic E-state index is -2.24. The fourth-order valence-corrected chi connectivity index (χ4v) is 14.1. The van der Waals surface area contributed by atoms with E-state index in [9.17, 15) is 4.79 Å². The zero-order valence-corrected chi connectivity index (χ0v) is 18.7. The van der Waals surface area contributed by atoms with Crippen molar-refractivity contribution in [1.29, 1.82) is 0 Å². The first-order chi connectivity index (χ1) is 11.8. The van der Waals surface area contributed by atoms with Crippen molar-refractivity contribution >= 4 is 27.8 Å². The second-order valence-electron chi connectivity index (χ2n) is 6.77. The molecule has 0 N–H and O–H groups in total. The van der Waals surface area contributed by atoms with Crippen molar-refractivity contribution in [2.24, 2.45) is 0 Å². The molecule has 0 aliphatic carbocycles. The van der Waals surface area contributed by atoms with Crippen molar-refractivity contribution in [3.63, 3.8) is 0 Å². The number of rotatable bonds is 10. The van der Waals surface area contributed by atoms with E-state index in [0.717, 1.165) is 24.2 Å². The van der Waals surface area contributed by atoms with Crippen LogP contribution < -0.4 is 5.19 Å². The molecule has 1 atom stereocenters. The maximum Gasteiger partial charge on any atom is 0.333 e. The van der Waals surface area contributed by atoms with Crippen LogP contribution in [-0.2, 0) is 13.6 Å². The molecule has 0 aliphatic rings. The molecule has 0 aromatic heterocycles. The lowest BCUT2D eigenvalue weighted by molar-refractivity contribution is -0.140. The molecule has 1 unspecified atom stereocenters. The molecule has 0 spiro atoms. The Kier molecular flexibility index (Phi) is 8.31. The predicted octanol–water partition coefficient (Wildman–Crippen LogP) is 4.93. The van der Waals surface area contributed by atoms with E-state index in [1.807, 2.05) is 6.92 Å². The summed E-state index contributed by atoms with van der Waals surface area (Å²) in [4.78, 5) is 12.1. The molecule has 1 aromatic carbocycles. The molecule has 1 rings (SSSR count). The molecule has 1 aromatic rings. The van der Waals surface area contributed by atoms with Gasteiger partial charge in [-0.3, -0.25) is 0 Å². The van der Waals surface area contributed by atoms with Gasteiger partial charge in [0.15, 0.2) is 0 Å². The van der Waals surface area contributed by atoms with E-state index in [0.29, 0.717) is 5.57 Å². The molecule has 3 nitrogen and oxygen atoms in total. The van der Waals surface area contributed by atoms with E-state index < -0.39 is 16.6 Å². The second-order valence-corrected chi connectivity index (χ2v) is 15.9. The van der Waals surface area contributed by atoms with E-state index >= 15 is 0 Å². The van der Waals surface area contributed by atoms with E-state index in [1.54, 1.807) is 6.92 Å². The average Bonchev–Trinajstić information content (AvgIpc) is 2.64. The van der Waals surface area contributed by atoms with Crippen LogP contribution in [0.2, 0.25) is 24.2 Å². The van der Waals surface area contributed by atoms with Crippen LogP contribution in [0.1, 0.15) is 41.5 Å². The van der Waals surface area contributed by atoms with Gasteiger partial charge in [0, 0.05) is 5.57 Å². The van der Waals surface area contributed by atoms with Crippen LogP contribution in [0.25, 0.3) is 0 Å². The minimum Gasteiger partial charge on any atom is -0.460 e. The van der Waals surface area contributed by atoms with E-state index in [2.05, 4.69) is 64.6 Å². The van der Waals surface area contributed by atoms with Gasteiger partial charge in [-0.25, -0.2) is 4.79 Å². The second kappa shape index (κ2) is 9.50. The highest BCUT2D eigenvalue weighted by atomic mass is 28.4. The van der Waals surface area contributed by atoms with Crippen molar-refractivity contribution in [2.45, 2.75) is 71.4 Å². The zero-order chi connectivity index (χ0) is 19.1. The van der Waals surface area contributed by atoms with Gasteiger partial charge in [-0.05, 0) is 43.2 Å². The maximum absolute atomic E-state index is 12.1. The SMILES string of the molecule is C=C(C)C(=O)OC(C)[Si](CC)(CC)O[Si](CC)(CC)c1ccccc1. The van der Waals surface area contributed by atoms with Crippen LogP contribution >= 0.6 is 0 Å². The molecule has 140 valence electrons. The van der Waals surface area contributed by atoms with Crippen LogP contribution in [0.15, 0.2) is 42.5 Å². The minimum absolute atomic E-state index is 0.180. The fourth-order valence-electron chi connectivity index (χ4n) is 3.41. The Hall–Kier alpha value is -1.18. The van der Waals surface area contributed by atoms with Crippen molar-refractivity contribution in [3.05, 3.63) is 42.5 Å². The first kappa shape index (κ1) is 21.9. The number of carbonyl (C=O) groups excluding carboxylic acids is 1. The van der Waals surface area contributed by atoms with Crippen LogP contribution in [0.4, 0.5) is 0 Å². The topological polar surface area (TPSA) is 35.5 Å². The molecule has 25 heavy (non-hydrogen) atoms. The van der Waals surface area contributed by atoms with Gasteiger partial charge in [-0.15, -0.1) is 0 Å². The molecule has 0 saturated carbocycles. The summed E-state index contributed by atoms with van der Waals surface area (Å²) in [6.45, 7) is 16.2. The molecule has 0 aliphatic heterocycles. The highest BCUT2D eigenvalue weighted by molar-refractivity contribution is 6.94. The van der Waals surface area contributed by atoms with Gasteiger partial charge in [0.2, 0.25) is 16.6 Å². The summed E-state index contributed by atoms with van der Waals surface area (Å²) in [6.07, 6.45) is 0. The van der Waals surface area contributed by atoms with Gasteiger partial charge in [-0.2, -0.15) is 0 Å². The van der Waals surface area contributed by atoms with E-state index in [-0.39, 0.29) is 11.7 Å². The predicted molar refractivity (Wildman–Crippen MR) is 111 cm³/mol. The Bertz CT molecular complexity index is 564. The standard InChI is InChI=1S/C20H34O3Si2/c1-8-24(9-2,18(7)22-20(21)17(5)6)23-25(10-3,11-4)19-15-13-12-14-16-19/h12-16,18H,5,8-11H2,1-4,6-7H3. The molecule has 5 heteroatoms. The van der Waals surface area contributed by atoms with Gasteiger partial charge in [0.05, 0.1) is 0 Å². The van der Waals surface area contributed by atoms with Crippen molar-refractivity contribution in [1.82, 2.24) is 0 Å². The first-order valence-corrected chi connectivity index (χ1v) is 14.1. The number of hydrogen-bond donors (Lipinski definition) is 0. The highest BCUT2D eigenvalue weighted by Gasteiger charge is 2.47. The van der Waals surface area contributed by atoms with Gasteiger partial charge in [0.1, 0.15) is 5.73 Å². The summed E-state index contributed by atoms with van der Waals surface area (Å²) in [5.41, 5.74) is 0.264. The van der Waals surface area contributed by atoms with Gasteiger partial charge in [-0.1, -0.05) is 64.6 Å². The quantitative estimate of drug-likeness (QED) is 0.329. The highest BCUT2D eigenvalue weighted by Crippen LogP contribution is 2.31. The average molecular weight is 379 g/mol. The van der Waals surface area contributed by atoms with Gasteiger partial charge < -0.3 is 8.85 Å². The molecule has 0 heterocycles. The molecule has 0 bridgehead atoms. The summed E-state index contributed by atoms with van der Waals surface area (Å²) in [7, 11) is -4.33. The van der Waals surface area contributed by atoms with Crippen molar-refractivity contribution in [3.8, 4) is 0 Å². The Balaban J connectivity index is 3.23. The largest absolute Gasteiger partial charge is 0.460 e. The summed E-state index contributed by atoms with van der Waals surface area (Å²) in [6, 6.07) is 14.6. The number of esters is 1. The zero-order valence-electron chi connectivity index (χ0n) is 16.7. The van der Waals surface area contributed by atoms with Crippen LogP contribution in [0.3, 0.4) is 0 Å². The molecule has 0 radical (unpaired) electrons. The van der Waals surface area contributed by atoms with Crippen molar-refractivity contribution < 1.29 is 13.6 Å². The summed E-state index contributed by atoms with van der Waals surface area (Å²) in [5.74, 6) is -0.310. The lowest BCUT2D eigenvalue weighted by Gasteiger charge is -2.43. The van der Waals surface area contributed by atoms with Crippen LogP contribution in [0, 0.1) is 0 Å². The number of hydrogen-bond acceptors (Lipinski definition) is 3. The van der Waals surface area contributed by atoms with Crippen LogP contribution in [-0.4, -0.2) is 28.3 Å². The first-order valence-electron chi connectivity index (χ1n) is 9.43. The molecular weight excluding hydrogens is 344 g/mol. The normalized spacial score (nSPS) is 13.4. The summed E-state index contributed by atoms with van der Waals surface area (Å²) < 4.78 is 12.9. The summed E-state index contributed by atoms with van der Waals surface area (Å²) >= 11 is 0. The Morgan fingerprint density at radius 3 is 1.96 bits per heavy atom. The third-order valence-electron chi connectivity index (χ3n) is 5.41. The smallest absolute Gasteiger partial charge is 0.333 e. The maximum atomic E-state index is 12.1. The van der Waals surface area contributed by atoms with Crippen molar-refractivity contribution in [2.75, 3.05) is 0 Å². The molecule has 0 fully saturated rings. The molecule has 0 saturated heterocycles. The third-order valence-corrected chi connectivity index (χ3v) is 16.3. The summed E-state index contributed by atoms with van der Waals surface area (Å²) in [5, 5.41) is 1.34. The van der Waals surface area contributed by atoms with E-state index in [4.69, 9.17) is 8.85 Å². The van der Waals surface area contributed by atoms with Gasteiger partial charge in [0.25, 0.3) is 0 Å². The van der Waals surface area contributed by atoms with Gasteiger partial charge >= 0.3 is 5.97 Å². The number of carbonyl (C=O) groups is 1. The number of ether oxygens (including phenoxy) is 1. The number of benzene rings is 1.